The fourth-order valence-corrected chi connectivity index (χ4v) is 2.77. The second-order valence-electron chi connectivity index (χ2n) is 5.72. The first-order chi connectivity index (χ1) is 12.3. The van der Waals surface area contributed by atoms with E-state index in [1.807, 2.05) is 0 Å². The van der Waals surface area contributed by atoms with Crippen molar-refractivity contribution in [1.29, 1.82) is 0 Å². The van der Waals surface area contributed by atoms with Gasteiger partial charge in [-0.15, -0.1) is 0 Å². The summed E-state index contributed by atoms with van der Waals surface area (Å²) in [7, 11) is 0. The highest BCUT2D eigenvalue weighted by Gasteiger charge is 2.32. The molecule has 1 aromatic carbocycles. The van der Waals surface area contributed by atoms with Crippen LogP contribution < -0.4 is 9.64 Å². The molecule has 1 aliphatic heterocycles. The van der Waals surface area contributed by atoms with Crippen LogP contribution in [0.2, 0.25) is 0 Å². The number of hydrogen-bond donors (Lipinski definition) is 0. The van der Waals surface area contributed by atoms with Crippen molar-refractivity contribution >= 4 is 11.4 Å². The van der Waals surface area contributed by atoms with Crippen molar-refractivity contribution in [3.05, 3.63) is 58.0 Å². The summed E-state index contributed by atoms with van der Waals surface area (Å²) < 4.78 is 56.9. The first-order valence-corrected chi connectivity index (χ1v) is 7.63. The summed E-state index contributed by atoms with van der Waals surface area (Å²) in [5, 5.41) is 11.1. The van der Waals surface area contributed by atoms with Crippen LogP contribution in [0.4, 0.5) is 28.9 Å². The topological polar surface area (TPSA) is 68.5 Å². The molecule has 6 nitrogen and oxygen atoms in total. The van der Waals surface area contributed by atoms with Gasteiger partial charge in [-0.25, -0.2) is 4.98 Å². The van der Waals surface area contributed by atoms with Gasteiger partial charge < -0.3 is 9.64 Å². The molecule has 1 aromatic heterocycles. The maximum absolute atomic E-state index is 13.7. The van der Waals surface area contributed by atoms with Crippen LogP contribution in [0.25, 0.3) is 0 Å². The molecule has 1 fully saturated rings. The monoisotopic (exact) mass is 371 g/mol. The highest BCUT2D eigenvalue weighted by atomic mass is 19.4. The Kier molecular flexibility index (Phi) is 4.66. The van der Waals surface area contributed by atoms with E-state index in [2.05, 4.69) is 4.98 Å². The van der Waals surface area contributed by atoms with Gasteiger partial charge in [0.1, 0.15) is 11.8 Å². The largest absolute Gasteiger partial charge is 0.472 e. The number of rotatable bonds is 4. The maximum atomic E-state index is 13.7. The van der Waals surface area contributed by atoms with E-state index in [1.165, 1.54) is 12.1 Å². The minimum Gasteiger partial charge on any atom is -0.472 e. The number of benzene rings is 1. The highest BCUT2D eigenvalue weighted by Crippen LogP contribution is 2.34. The third-order valence-electron chi connectivity index (χ3n) is 3.98. The van der Waals surface area contributed by atoms with E-state index >= 15 is 0 Å². The number of halogens is 4. The summed E-state index contributed by atoms with van der Waals surface area (Å²) in [6.45, 7) is 0.614. The number of aromatic nitrogens is 1. The molecule has 138 valence electrons. The molecule has 0 saturated carbocycles. The molecule has 1 atom stereocenters. The number of hydrogen-bond acceptors (Lipinski definition) is 5. The van der Waals surface area contributed by atoms with Crippen molar-refractivity contribution in [3.8, 4) is 5.88 Å². The zero-order chi connectivity index (χ0) is 18.9. The standard InChI is InChI=1S/C16H13F4N3O3/c17-12-2-1-3-13(15(12)23(24)25)22-7-6-11(9-22)26-14-5-4-10(8-21-14)16(18,19)20/h1-5,8,11H,6-7,9H2. The first kappa shape index (κ1) is 17.9. The van der Waals surface area contributed by atoms with Crippen LogP contribution in [0.1, 0.15) is 12.0 Å². The van der Waals surface area contributed by atoms with E-state index in [9.17, 15) is 27.7 Å². The molecule has 0 spiro atoms. The van der Waals surface area contributed by atoms with Crippen molar-refractivity contribution in [2.75, 3.05) is 18.0 Å². The number of ether oxygens (including phenoxy) is 1. The van der Waals surface area contributed by atoms with Gasteiger partial charge in [0.2, 0.25) is 11.7 Å². The Hall–Kier alpha value is -2.91. The molecule has 0 bridgehead atoms. The summed E-state index contributed by atoms with van der Waals surface area (Å²) >= 11 is 0. The molecular formula is C16H13F4N3O3. The molecule has 0 N–H and O–H groups in total. The van der Waals surface area contributed by atoms with Gasteiger partial charge in [-0.3, -0.25) is 10.1 Å². The van der Waals surface area contributed by atoms with Gasteiger partial charge in [-0.2, -0.15) is 17.6 Å². The lowest BCUT2D eigenvalue weighted by molar-refractivity contribution is -0.386. The molecule has 2 aromatic rings. The summed E-state index contributed by atoms with van der Waals surface area (Å²) in [6, 6.07) is 5.82. The van der Waals surface area contributed by atoms with Crippen LogP contribution in [0, 0.1) is 15.9 Å². The SMILES string of the molecule is O=[N+]([O-])c1c(F)cccc1N1CCC(Oc2ccc(C(F)(F)F)cn2)C1. The molecule has 1 aliphatic rings. The van der Waals surface area contributed by atoms with Crippen LogP contribution in [-0.2, 0) is 6.18 Å². The van der Waals surface area contributed by atoms with Gasteiger partial charge in [0.15, 0.2) is 0 Å². The fraction of sp³-hybridized carbons (Fsp3) is 0.312. The highest BCUT2D eigenvalue weighted by molar-refractivity contribution is 5.64. The maximum Gasteiger partial charge on any atom is 0.417 e. The molecule has 2 heterocycles. The van der Waals surface area contributed by atoms with Crippen molar-refractivity contribution < 1.29 is 27.2 Å². The molecular weight excluding hydrogens is 358 g/mol. The van der Waals surface area contributed by atoms with E-state index in [4.69, 9.17) is 4.74 Å². The Morgan fingerprint density at radius 3 is 2.65 bits per heavy atom. The second-order valence-corrected chi connectivity index (χ2v) is 5.72. The molecule has 0 radical (unpaired) electrons. The van der Waals surface area contributed by atoms with Crippen LogP contribution in [-0.4, -0.2) is 29.1 Å². The lowest BCUT2D eigenvalue weighted by atomic mass is 10.2. The van der Waals surface area contributed by atoms with E-state index in [0.29, 0.717) is 19.2 Å². The number of alkyl halides is 3. The van der Waals surface area contributed by atoms with E-state index in [-0.39, 0.29) is 18.1 Å². The average molecular weight is 371 g/mol. The molecule has 1 unspecified atom stereocenters. The van der Waals surface area contributed by atoms with Gasteiger partial charge in [-0.05, 0) is 18.2 Å². The van der Waals surface area contributed by atoms with E-state index in [0.717, 1.165) is 18.2 Å². The summed E-state index contributed by atoms with van der Waals surface area (Å²) in [6.07, 6.45) is -3.76. The first-order valence-electron chi connectivity index (χ1n) is 7.63. The van der Waals surface area contributed by atoms with Crippen LogP contribution >= 0.6 is 0 Å². The van der Waals surface area contributed by atoms with Gasteiger partial charge in [0.05, 0.1) is 17.0 Å². The van der Waals surface area contributed by atoms with Crippen molar-refractivity contribution in [3.63, 3.8) is 0 Å². The average Bonchev–Trinajstić information content (AvgIpc) is 3.02. The Bertz CT molecular complexity index is 811. The van der Waals surface area contributed by atoms with Crippen molar-refractivity contribution in [1.82, 2.24) is 4.98 Å². The Morgan fingerprint density at radius 1 is 1.27 bits per heavy atom. The molecule has 0 amide bonds. The number of pyridine rings is 1. The smallest absolute Gasteiger partial charge is 0.417 e. The van der Waals surface area contributed by atoms with E-state index in [1.54, 1.807) is 4.90 Å². The lowest BCUT2D eigenvalue weighted by Crippen LogP contribution is -2.25. The molecule has 3 rings (SSSR count). The van der Waals surface area contributed by atoms with Gasteiger partial charge in [-0.1, -0.05) is 6.07 Å². The molecule has 10 heteroatoms. The molecule has 26 heavy (non-hydrogen) atoms. The van der Waals surface area contributed by atoms with Crippen LogP contribution in [0.5, 0.6) is 5.88 Å². The lowest BCUT2D eigenvalue weighted by Gasteiger charge is -2.19. The third-order valence-corrected chi connectivity index (χ3v) is 3.98. The van der Waals surface area contributed by atoms with Crippen LogP contribution in [0.3, 0.4) is 0 Å². The third kappa shape index (κ3) is 3.68. The Labute approximate surface area is 145 Å². The zero-order valence-electron chi connectivity index (χ0n) is 13.2. The Balaban J connectivity index is 1.70. The fourth-order valence-electron chi connectivity index (χ4n) is 2.77. The minimum absolute atomic E-state index is 0.0265. The summed E-state index contributed by atoms with van der Waals surface area (Å²) in [5.41, 5.74) is -1.35. The summed E-state index contributed by atoms with van der Waals surface area (Å²) in [4.78, 5) is 15.6. The van der Waals surface area contributed by atoms with Crippen LogP contribution in [0.15, 0.2) is 36.5 Å². The predicted octanol–water partition coefficient (Wildman–Crippen LogP) is 3.81. The quantitative estimate of drug-likeness (QED) is 0.465. The van der Waals surface area contributed by atoms with Crippen molar-refractivity contribution in [2.45, 2.75) is 18.7 Å². The number of nitrogens with zero attached hydrogens (tertiary/aromatic N) is 3. The number of nitro groups is 1. The Morgan fingerprint density at radius 2 is 2.04 bits per heavy atom. The number of anilines is 1. The number of para-hydroxylation sites is 1. The normalized spacial score (nSPS) is 17.4. The van der Waals surface area contributed by atoms with Gasteiger partial charge in [0.25, 0.3) is 0 Å². The molecule has 1 saturated heterocycles. The number of nitro benzene ring substituents is 1. The summed E-state index contributed by atoms with van der Waals surface area (Å²) in [5.74, 6) is -0.903. The minimum atomic E-state index is -4.48. The second kappa shape index (κ2) is 6.77. The van der Waals surface area contributed by atoms with Gasteiger partial charge >= 0.3 is 11.9 Å². The predicted molar refractivity (Wildman–Crippen MR) is 83.5 cm³/mol. The van der Waals surface area contributed by atoms with Gasteiger partial charge in [0, 0.05) is 25.2 Å². The zero-order valence-corrected chi connectivity index (χ0v) is 13.2. The molecule has 0 aliphatic carbocycles. The van der Waals surface area contributed by atoms with Crippen molar-refractivity contribution in [2.24, 2.45) is 0 Å². The van der Waals surface area contributed by atoms with E-state index < -0.39 is 34.3 Å².